The van der Waals surface area contributed by atoms with Gasteiger partial charge in [-0.2, -0.15) is 0 Å². The average Bonchev–Trinajstić information content (AvgIpc) is 2.32. The summed E-state index contributed by atoms with van der Waals surface area (Å²) in [7, 11) is 0. The second-order valence-electron chi connectivity index (χ2n) is 3.80. The summed E-state index contributed by atoms with van der Waals surface area (Å²) < 4.78 is 6.34. The molecule has 4 nitrogen and oxygen atoms in total. The minimum Gasteiger partial charge on any atom is -0.482 e. The van der Waals surface area contributed by atoms with E-state index in [0.29, 0.717) is 6.54 Å². The van der Waals surface area contributed by atoms with E-state index >= 15 is 0 Å². The fraction of sp³-hybridized carbons (Fsp3) is 0.417. The van der Waals surface area contributed by atoms with E-state index < -0.39 is 0 Å². The molecule has 0 saturated heterocycles. The Morgan fingerprint density at radius 3 is 3.12 bits per heavy atom. The van der Waals surface area contributed by atoms with E-state index in [4.69, 9.17) is 4.74 Å². The maximum Gasteiger partial charge on any atom is 0.265 e. The second-order valence-corrected chi connectivity index (χ2v) is 4.72. The minimum absolute atomic E-state index is 0.00787. The van der Waals surface area contributed by atoms with Crippen molar-refractivity contribution in [3.63, 3.8) is 0 Å². The van der Waals surface area contributed by atoms with Gasteiger partial charge in [0, 0.05) is 17.6 Å². The third kappa shape index (κ3) is 2.79. The first-order valence-electron chi connectivity index (χ1n) is 5.66. The van der Waals surface area contributed by atoms with E-state index in [-0.39, 0.29) is 12.5 Å². The Morgan fingerprint density at radius 2 is 2.35 bits per heavy atom. The van der Waals surface area contributed by atoms with Gasteiger partial charge in [-0.25, -0.2) is 0 Å². The number of anilines is 1. The predicted molar refractivity (Wildman–Crippen MR) is 70.5 cm³/mol. The normalized spacial score (nSPS) is 14.5. The number of rotatable bonds is 4. The number of hydrogen-bond donors (Lipinski definition) is 1. The third-order valence-electron chi connectivity index (χ3n) is 2.63. The number of ether oxygens (including phenoxy) is 1. The molecule has 0 aliphatic carbocycles. The Hall–Kier alpha value is -1.07. The molecule has 0 aromatic heterocycles. The molecule has 1 amide bonds. The number of nitrogens with zero attached hydrogens (tertiary/aromatic N) is 1. The van der Waals surface area contributed by atoms with Crippen molar-refractivity contribution in [2.75, 3.05) is 31.1 Å². The van der Waals surface area contributed by atoms with Gasteiger partial charge in [-0.05, 0) is 24.7 Å². The molecule has 0 unspecified atom stereocenters. The molecule has 1 aromatic rings. The van der Waals surface area contributed by atoms with Crippen molar-refractivity contribution >= 4 is 27.5 Å². The maximum atomic E-state index is 11.8. The standard InChI is InChI=1S/C12H15BrN2O2/c1-2-14-5-6-15-10-7-9(13)3-4-11(10)17-8-12(15)16/h3-4,7,14H,2,5-6,8H2,1H3. The molecular formula is C12H15BrN2O2. The second kappa shape index (κ2) is 5.51. The zero-order valence-electron chi connectivity index (χ0n) is 9.70. The van der Waals surface area contributed by atoms with Crippen LogP contribution in [0.5, 0.6) is 5.75 Å². The lowest BCUT2D eigenvalue weighted by Gasteiger charge is -2.29. The smallest absolute Gasteiger partial charge is 0.265 e. The van der Waals surface area contributed by atoms with Gasteiger partial charge >= 0.3 is 0 Å². The molecule has 0 spiro atoms. The number of nitrogens with one attached hydrogen (secondary N) is 1. The van der Waals surface area contributed by atoms with Crippen LogP contribution in [0, 0.1) is 0 Å². The summed E-state index contributed by atoms with van der Waals surface area (Å²) >= 11 is 3.41. The van der Waals surface area contributed by atoms with Crippen LogP contribution >= 0.6 is 15.9 Å². The van der Waals surface area contributed by atoms with Crippen molar-refractivity contribution in [3.8, 4) is 5.75 Å². The lowest BCUT2D eigenvalue weighted by Crippen LogP contribution is -2.42. The van der Waals surface area contributed by atoms with E-state index in [9.17, 15) is 4.79 Å². The third-order valence-corrected chi connectivity index (χ3v) is 3.12. The van der Waals surface area contributed by atoms with E-state index in [1.165, 1.54) is 0 Å². The predicted octanol–water partition coefficient (Wildman–Crippen LogP) is 1.78. The SMILES string of the molecule is CCNCCN1C(=O)COc2ccc(Br)cc21. The van der Waals surface area contributed by atoms with Crippen LogP contribution in [0.2, 0.25) is 0 Å². The Kier molecular flexibility index (Phi) is 4.02. The molecule has 0 atom stereocenters. The van der Waals surface area contributed by atoms with E-state index in [0.717, 1.165) is 29.0 Å². The highest BCUT2D eigenvalue weighted by molar-refractivity contribution is 9.10. The molecule has 1 aromatic carbocycles. The number of fused-ring (bicyclic) bond motifs is 1. The van der Waals surface area contributed by atoms with Crippen LogP contribution in [0.4, 0.5) is 5.69 Å². The first-order chi connectivity index (χ1) is 8.22. The lowest BCUT2D eigenvalue weighted by atomic mass is 10.2. The molecule has 92 valence electrons. The summed E-state index contributed by atoms with van der Waals surface area (Å²) in [4.78, 5) is 13.6. The fourth-order valence-corrected chi connectivity index (χ4v) is 2.14. The first kappa shape index (κ1) is 12.4. The van der Waals surface area contributed by atoms with Gasteiger partial charge in [-0.1, -0.05) is 22.9 Å². The molecule has 1 heterocycles. The van der Waals surface area contributed by atoms with Crippen molar-refractivity contribution < 1.29 is 9.53 Å². The summed E-state index contributed by atoms with van der Waals surface area (Å²) in [6.45, 7) is 4.53. The topological polar surface area (TPSA) is 41.6 Å². The number of carbonyl (C=O) groups is 1. The van der Waals surface area contributed by atoms with Crippen LogP contribution in [0.3, 0.4) is 0 Å². The number of halogens is 1. The number of amides is 1. The zero-order valence-corrected chi connectivity index (χ0v) is 11.3. The molecule has 0 radical (unpaired) electrons. The van der Waals surface area contributed by atoms with Gasteiger partial charge in [0.2, 0.25) is 0 Å². The van der Waals surface area contributed by atoms with E-state index in [2.05, 4.69) is 21.2 Å². The van der Waals surface area contributed by atoms with Gasteiger partial charge in [0.15, 0.2) is 6.61 Å². The lowest BCUT2D eigenvalue weighted by molar-refractivity contribution is -0.121. The van der Waals surface area contributed by atoms with Crippen LogP contribution in [0.15, 0.2) is 22.7 Å². The molecule has 0 fully saturated rings. The number of hydrogen-bond acceptors (Lipinski definition) is 3. The van der Waals surface area contributed by atoms with Crippen LogP contribution < -0.4 is 15.0 Å². The summed E-state index contributed by atoms with van der Waals surface area (Å²) in [5, 5.41) is 3.22. The van der Waals surface area contributed by atoms with Crippen molar-refractivity contribution in [3.05, 3.63) is 22.7 Å². The van der Waals surface area contributed by atoms with Crippen molar-refractivity contribution in [1.29, 1.82) is 0 Å². The van der Waals surface area contributed by atoms with Crippen LogP contribution in [-0.4, -0.2) is 32.1 Å². The van der Waals surface area contributed by atoms with Crippen molar-refractivity contribution in [2.45, 2.75) is 6.92 Å². The Balaban J connectivity index is 2.20. The fourth-order valence-electron chi connectivity index (χ4n) is 1.79. The van der Waals surface area contributed by atoms with Gasteiger partial charge in [0.1, 0.15) is 5.75 Å². The maximum absolute atomic E-state index is 11.8. The molecule has 2 rings (SSSR count). The van der Waals surface area contributed by atoms with E-state index in [1.807, 2.05) is 25.1 Å². The quantitative estimate of drug-likeness (QED) is 0.862. The van der Waals surface area contributed by atoms with Gasteiger partial charge in [0.05, 0.1) is 5.69 Å². The Labute approximate surface area is 109 Å². The number of likely N-dealkylation sites (N-methyl/N-ethyl adjacent to an activating group) is 1. The summed E-state index contributed by atoms with van der Waals surface area (Å²) in [6.07, 6.45) is 0. The zero-order chi connectivity index (χ0) is 12.3. The molecule has 1 N–H and O–H groups in total. The van der Waals surface area contributed by atoms with Crippen LogP contribution in [-0.2, 0) is 4.79 Å². The van der Waals surface area contributed by atoms with Gasteiger partial charge in [-0.15, -0.1) is 0 Å². The molecule has 1 aliphatic rings. The summed E-state index contributed by atoms with van der Waals surface area (Å²) in [5.41, 5.74) is 0.841. The minimum atomic E-state index is 0.00787. The van der Waals surface area contributed by atoms with Gasteiger partial charge in [-0.3, -0.25) is 4.79 Å². The summed E-state index contributed by atoms with van der Waals surface area (Å²) in [5.74, 6) is 0.776. The van der Waals surface area contributed by atoms with Crippen LogP contribution in [0.25, 0.3) is 0 Å². The highest BCUT2D eigenvalue weighted by Gasteiger charge is 2.24. The first-order valence-corrected chi connectivity index (χ1v) is 6.45. The van der Waals surface area contributed by atoms with Crippen molar-refractivity contribution in [1.82, 2.24) is 5.32 Å². The van der Waals surface area contributed by atoms with Gasteiger partial charge in [0.25, 0.3) is 5.91 Å². The van der Waals surface area contributed by atoms with Crippen molar-refractivity contribution in [2.24, 2.45) is 0 Å². The van der Waals surface area contributed by atoms with Crippen LogP contribution in [0.1, 0.15) is 6.92 Å². The molecular weight excluding hydrogens is 284 g/mol. The van der Waals surface area contributed by atoms with Gasteiger partial charge < -0.3 is 15.0 Å². The summed E-state index contributed by atoms with van der Waals surface area (Å²) in [6, 6.07) is 5.71. The Morgan fingerprint density at radius 1 is 1.53 bits per heavy atom. The molecule has 0 saturated carbocycles. The Bertz CT molecular complexity index is 423. The monoisotopic (exact) mass is 298 g/mol. The number of benzene rings is 1. The number of carbonyl (C=O) groups excluding carboxylic acids is 1. The highest BCUT2D eigenvalue weighted by Crippen LogP contribution is 2.34. The average molecular weight is 299 g/mol. The largest absolute Gasteiger partial charge is 0.482 e. The highest BCUT2D eigenvalue weighted by atomic mass is 79.9. The van der Waals surface area contributed by atoms with E-state index in [1.54, 1.807) is 4.90 Å². The molecule has 5 heteroatoms. The molecule has 0 bridgehead atoms. The molecule has 17 heavy (non-hydrogen) atoms. The molecule has 1 aliphatic heterocycles.